The minimum atomic E-state index is -0.514. The molecular formula is C35H28IN3O4S. The Hall–Kier alpha value is -4.61. The molecule has 44 heavy (non-hydrogen) atoms. The van der Waals surface area contributed by atoms with Gasteiger partial charge in [-0.25, -0.2) is 0 Å². The predicted octanol–water partition coefficient (Wildman–Crippen LogP) is 8.00. The summed E-state index contributed by atoms with van der Waals surface area (Å²) in [6.07, 6.45) is 1.50. The zero-order chi connectivity index (χ0) is 30.9. The zero-order valence-corrected chi connectivity index (χ0v) is 26.6. The second-order valence-electron chi connectivity index (χ2n) is 9.77. The zero-order valence-electron chi connectivity index (χ0n) is 23.7. The van der Waals surface area contributed by atoms with Crippen molar-refractivity contribution in [1.82, 2.24) is 5.32 Å². The Labute approximate surface area is 273 Å². The van der Waals surface area contributed by atoms with Crippen molar-refractivity contribution >= 4 is 69.5 Å². The van der Waals surface area contributed by atoms with Crippen LogP contribution in [-0.2, 0) is 9.59 Å². The summed E-state index contributed by atoms with van der Waals surface area (Å²) in [4.78, 5) is 39.6. The van der Waals surface area contributed by atoms with Crippen LogP contribution in [-0.4, -0.2) is 23.5 Å². The van der Waals surface area contributed by atoms with Gasteiger partial charge in [0.05, 0.1) is 5.75 Å². The van der Waals surface area contributed by atoms with Crippen LogP contribution < -0.4 is 16.0 Å². The number of hydrogen-bond donors (Lipinski definition) is 3. The van der Waals surface area contributed by atoms with Gasteiger partial charge in [0.15, 0.2) is 0 Å². The number of benzene rings is 4. The van der Waals surface area contributed by atoms with Gasteiger partial charge in [0.2, 0.25) is 5.91 Å². The third-order valence-electron chi connectivity index (χ3n) is 6.39. The highest BCUT2D eigenvalue weighted by Gasteiger charge is 2.16. The standard InChI is InChI=1S/C35H28IN3O4S/c1-23-7-9-24(10-8-23)32-20-17-29(43-32)21-31(39-34(41)25-5-3-2-4-6-25)35(42)38-28-15-18-30(19-16-28)44-22-33(40)37-27-13-11-26(36)12-14-27/h2-21H,22H2,1H3,(H,37,40)(H,38,42)(H,39,41). The van der Waals surface area contributed by atoms with E-state index in [1.165, 1.54) is 17.8 Å². The first kappa shape index (κ1) is 30.8. The van der Waals surface area contributed by atoms with Crippen LogP contribution in [0.3, 0.4) is 0 Å². The van der Waals surface area contributed by atoms with E-state index in [2.05, 4.69) is 38.5 Å². The average Bonchev–Trinajstić information content (AvgIpc) is 3.51. The normalized spacial score (nSPS) is 11.1. The smallest absolute Gasteiger partial charge is 0.272 e. The first-order valence-electron chi connectivity index (χ1n) is 13.7. The third kappa shape index (κ3) is 8.71. The Morgan fingerprint density at radius 3 is 2.14 bits per heavy atom. The molecule has 0 saturated carbocycles. The van der Waals surface area contributed by atoms with Crippen LogP contribution in [0, 0.1) is 10.5 Å². The van der Waals surface area contributed by atoms with E-state index in [0.29, 0.717) is 22.8 Å². The van der Waals surface area contributed by atoms with E-state index in [1.54, 1.807) is 42.5 Å². The van der Waals surface area contributed by atoms with E-state index >= 15 is 0 Å². The Balaban J connectivity index is 1.26. The molecule has 0 aliphatic heterocycles. The summed E-state index contributed by atoms with van der Waals surface area (Å²) >= 11 is 3.60. The van der Waals surface area contributed by atoms with Gasteiger partial charge in [0.25, 0.3) is 11.8 Å². The lowest BCUT2D eigenvalue weighted by molar-refractivity contribution is -0.114. The lowest BCUT2D eigenvalue weighted by Gasteiger charge is -2.11. The van der Waals surface area contributed by atoms with Crippen LogP contribution in [0.4, 0.5) is 11.4 Å². The highest BCUT2D eigenvalue weighted by Crippen LogP contribution is 2.25. The number of carbonyl (C=O) groups excluding carboxylic acids is 3. The minimum Gasteiger partial charge on any atom is -0.457 e. The molecule has 3 amide bonds. The molecule has 0 bridgehead atoms. The van der Waals surface area contributed by atoms with E-state index in [1.807, 2.05) is 79.7 Å². The van der Waals surface area contributed by atoms with Gasteiger partial charge in [0.1, 0.15) is 17.2 Å². The third-order valence-corrected chi connectivity index (χ3v) is 8.12. The molecule has 0 aliphatic rings. The number of nitrogens with one attached hydrogen (secondary N) is 3. The number of furan rings is 1. The number of rotatable bonds is 10. The van der Waals surface area contributed by atoms with Gasteiger partial charge in [-0.15, -0.1) is 11.8 Å². The lowest BCUT2D eigenvalue weighted by atomic mass is 10.1. The molecule has 1 heterocycles. The van der Waals surface area contributed by atoms with Crippen molar-refractivity contribution in [3.63, 3.8) is 0 Å². The highest BCUT2D eigenvalue weighted by atomic mass is 127. The average molecular weight is 714 g/mol. The maximum Gasteiger partial charge on any atom is 0.272 e. The minimum absolute atomic E-state index is 0.0226. The molecular weight excluding hydrogens is 685 g/mol. The molecule has 0 spiro atoms. The number of carbonyl (C=O) groups is 3. The van der Waals surface area contributed by atoms with Crippen LogP contribution in [0.1, 0.15) is 21.7 Å². The lowest BCUT2D eigenvalue weighted by Crippen LogP contribution is -2.30. The molecule has 0 radical (unpaired) electrons. The second kappa shape index (κ2) is 14.7. The van der Waals surface area contributed by atoms with Crippen molar-refractivity contribution in [3.8, 4) is 11.3 Å². The summed E-state index contributed by atoms with van der Waals surface area (Å²) in [7, 11) is 0. The van der Waals surface area contributed by atoms with E-state index in [-0.39, 0.29) is 17.4 Å². The number of halogens is 1. The monoisotopic (exact) mass is 713 g/mol. The Bertz CT molecular complexity index is 1780. The molecule has 0 atom stereocenters. The quantitative estimate of drug-likeness (QED) is 0.0774. The van der Waals surface area contributed by atoms with Crippen LogP contribution in [0.5, 0.6) is 0 Å². The molecule has 0 saturated heterocycles. The molecule has 0 unspecified atom stereocenters. The summed E-state index contributed by atoms with van der Waals surface area (Å²) in [5.41, 5.74) is 3.76. The van der Waals surface area contributed by atoms with Gasteiger partial charge < -0.3 is 20.4 Å². The van der Waals surface area contributed by atoms with Gasteiger partial charge in [-0.1, -0.05) is 48.0 Å². The largest absolute Gasteiger partial charge is 0.457 e. The molecule has 7 nitrogen and oxygen atoms in total. The van der Waals surface area contributed by atoms with Crippen molar-refractivity contribution in [2.75, 3.05) is 16.4 Å². The molecule has 4 aromatic carbocycles. The summed E-state index contributed by atoms with van der Waals surface area (Å²) in [6.45, 7) is 2.01. The molecule has 1 aromatic heterocycles. The van der Waals surface area contributed by atoms with E-state index < -0.39 is 11.8 Å². The summed E-state index contributed by atoms with van der Waals surface area (Å²) in [6, 6.07) is 34.9. The van der Waals surface area contributed by atoms with Gasteiger partial charge >= 0.3 is 0 Å². The number of hydrogen-bond acceptors (Lipinski definition) is 5. The van der Waals surface area contributed by atoms with Crippen LogP contribution in [0.2, 0.25) is 0 Å². The summed E-state index contributed by atoms with van der Waals surface area (Å²) in [5, 5.41) is 8.45. The van der Waals surface area contributed by atoms with Crippen LogP contribution in [0.15, 0.2) is 130 Å². The van der Waals surface area contributed by atoms with E-state index in [4.69, 9.17) is 4.42 Å². The molecule has 3 N–H and O–H groups in total. The molecule has 0 fully saturated rings. The van der Waals surface area contributed by atoms with Gasteiger partial charge in [-0.2, -0.15) is 0 Å². The van der Waals surface area contributed by atoms with Crippen molar-refractivity contribution in [1.29, 1.82) is 0 Å². The second-order valence-corrected chi connectivity index (χ2v) is 12.1. The Morgan fingerprint density at radius 2 is 1.43 bits per heavy atom. The van der Waals surface area contributed by atoms with Crippen molar-refractivity contribution in [3.05, 3.63) is 141 Å². The van der Waals surface area contributed by atoms with Crippen LogP contribution >= 0.6 is 34.4 Å². The molecule has 5 aromatic rings. The van der Waals surface area contributed by atoms with Crippen molar-refractivity contribution in [2.24, 2.45) is 0 Å². The van der Waals surface area contributed by atoms with Gasteiger partial charge in [0, 0.05) is 37.0 Å². The van der Waals surface area contributed by atoms with Gasteiger partial charge in [-0.05, 0) is 102 Å². The fraction of sp³-hybridized carbons (Fsp3) is 0.0571. The maximum atomic E-state index is 13.4. The number of amides is 3. The van der Waals surface area contributed by atoms with Crippen molar-refractivity contribution in [2.45, 2.75) is 11.8 Å². The number of anilines is 2. The molecule has 220 valence electrons. The molecule has 9 heteroatoms. The summed E-state index contributed by atoms with van der Waals surface area (Å²) < 4.78 is 7.08. The van der Waals surface area contributed by atoms with Crippen molar-refractivity contribution < 1.29 is 18.8 Å². The van der Waals surface area contributed by atoms with E-state index in [9.17, 15) is 14.4 Å². The SMILES string of the molecule is Cc1ccc(-c2ccc(C=C(NC(=O)c3ccccc3)C(=O)Nc3ccc(SCC(=O)Nc4ccc(I)cc4)cc3)o2)cc1. The predicted molar refractivity (Wildman–Crippen MR) is 184 cm³/mol. The fourth-order valence-corrected chi connectivity index (χ4v) is 5.16. The fourth-order valence-electron chi connectivity index (χ4n) is 4.10. The molecule has 0 aliphatic carbocycles. The number of aryl methyl sites for hydroxylation is 1. The first-order valence-corrected chi connectivity index (χ1v) is 15.7. The van der Waals surface area contributed by atoms with E-state index in [0.717, 1.165) is 25.3 Å². The maximum absolute atomic E-state index is 13.4. The summed E-state index contributed by atoms with van der Waals surface area (Å²) in [5.74, 6) is 0.248. The molecule has 5 rings (SSSR count). The first-order chi connectivity index (χ1) is 21.3. The Kier molecular flexibility index (Phi) is 10.3. The number of thioether (sulfide) groups is 1. The van der Waals surface area contributed by atoms with Crippen LogP contribution in [0.25, 0.3) is 17.4 Å². The van der Waals surface area contributed by atoms with Gasteiger partial charge in [-0.3, -0.25) is 14.4 Å². The highest BCUT2D eigenvalue weighted by molar-refractivity contribution is 14.1. The Morgan fingerprint density at radius 1 is 0.773 bits per heavy atom. The topological polar surface area (TPSA) is 100 Å².